The van der Waals surface area contributed by atoms with E-state index in [0.717, 1.165) is 21.9 Å². The molecule has 0 aliphatic rings. The van der Waals surface area contributed by atoms with Crippen LogP contribution in [0, 0.1) is 6.92 Å². The monoisotopic (exact) mass is 418 g/mol. The summed E-state index contributed by atoms with van der Waals surface area (Å²) in [5.41, 5.74) is 2.39. The molecule has 3 rings (SSSR count). The van der Waals surface area contributed by atoms with Crippen molar-refractivity contribution >= 4 is 28.6 Å². The Bertz CT molecular complexity index is 1100. The van der Waals surface area contributed by atoms with Crippen molar-refractivity contribution in [1.82, 2.24) is 10.6 Å². The van der Waals surface area contributed by atoms with Gasteiger partial charge in [0.15, 0.2) is 6.61 Å². The molecule has 0 aliphatic carbocycles. The number of carbonyl (C=O) groups excluding carboxylic acids is 3. The maximum Gasteiger partial charge on any atom is 0.328 e. The van der Waals surface area contributed by atoms with Gasteiger partial charge in [-0.2, -0.15) is 0 Å². The first-order valence-corrected chi connectivity index (χ1v) is 10.2. The second kappa shape index (κ2) is 9.89. The van der Waals surface area contributed by atoms with Gasteiger partial charge in [0.05, 0.1) is 6.04 Å². The third kappa shape index (κ3) is 5.69. The van der Waals surface area contributed by atoms with Gasteiger partial charge in [-0.25, -0.2) is 4.79 Å². The fourth-order valence-electron chi connectivity index (χ4n) is 3.38. The molecule has 2 N–H and O–H groups in total. The SMILES string of the molecule is Cc1cccc(C(=O)N[C@@H](C)C(=O)OCC(=O)N[C@@H](C)c2cccc3ccccc23)c1. The van der Waals surface area contributed by atoms with Gasteiger partial charge in [-0.1, -0.05) is 60.2 Å². The van der Waals surface area contributed by atoms with E-state index in [4.69, 9.17) is 4.74 Å². The van der Waals surface area contributed by atoms with Crippen LogP contribution in [0.4, 0.5) is 0 Å². The molecule has 160 valence electrons. The van der Waals surface area contributed by atoms with E-state index in [1.54, 1.807) is 18.2 Å². The molecule has 0 heterocycles. The number of ether oxygens (including phenoxy) is 1. The lowest BCUT2D eigenvalue weighted by atomic mass is 10.00. The Balaban J connectivity index is 1.51. The van der Waals surface area contributed by atoms with Gasteiger partial charge in [-0.05, 0) is 49.2 Å². The largest absolute Gasteiger partial charge is 0.454 e. The summed E-state index contributed by atoms with van der Waals surface area (Å²) < 4.78 is 5.08. The number of nitrogens with one attached hydrogen (secondary N) is 2. The van der Waals surface area contributed by atoms with Crippen LogP contribution in [0.15, 0.2) is 66.7 Å². The maximum absolute atomic E-state index is 12.3. The second-order valence-electron chi connectivity index (χ2n) is 7.53. The minimum Gasteiger partial charge on any atom is -0.454 e. The van der Waals surface area contributed by atoms with E-state index in [2.05, 4.69) is 10.6 Å². The van der Waals surface area contributed by atoms with Gasteiger partial charge in [0.1, 0.15) is 6.04 Å². The lowest BCUT2D eigenvalue weighted by Gasteiger charge is -2.17. The number of benzene rings is 3. The Morgan fingerprint density at radius 2 is 1.61 bits per heavy atom. The Labute approximate surface area is 181 Å². The molecule has 0 spiro atoms. The van der Waals surface area contributed by atoms with Gasteiger partial charge >= 0.3 is 5.97 Å². The minimum absolute atomic E-state index is 0.254. The minimum atomic E-state index is -0.878. The number of rotatable bonds is 7. The fourth-order valence-corrected chi connectivity index (χ4v) is 3.38. The van der Waals surface area contributed by atoms with E-state index in [9.17, 15) is 14.4 Å². The number of fused-ring (bicyclic) bond motifs is 1. The van der Waals surface area contributed by atoms with Crippen LogP contribution in [0.3, 0.4) is 0 Å². The van der Waals surface area contributed by atoms with Crippen LogP contribution >= 0.6 is 0 Å². The van der Waals surface area contributed by atoms with E-state index in [1.165, 1.54) is 6.92 Å². The van der Waals surface area contributed by atoms with E-state index in [-0.39, 0.29) is 11.9 Å². The topological polar surface area (TPSA) is 84.5 Å². The van der Waals surface area contributed by atoms with Crippen LogP contribution in [0.5, 0.6) is 0 Å². The first-order chi connectivity index (χ1) is 14.8. The van der Waals surface area contributed by atoms with Gasteiger partial charge in [0.25, 0.3) is 11.8 Å². The van der Waals surface area contributed by atoms with Gasteiger partial charge in [-0.15, -0.1) is 0 Å². The predicted molar refractivity (Wildman–Crippen MR) is 120 cm³/mol. The van der Waals surface area contributed by atoms with Gasteiger partial charge in [0.2, 0.25) is 0 Å². The highest BCUT2D eigenvalue weighted by Crippen LogP contribution is 2.23. The van der Waals surface area contributed by atoms with Crippen LogP contribution in [0.25, 0.3) is 10.8 Å². The third-order valence-corrected chi connectivity index (χ3v) is 4.99. The fraction of sp³-hybridized carbons (Fsp3) is 0.240. The van der Waals surface area contributed by atoms with Crippen molar-refractivity contribution in [2.45, 2.75) is 32.9 Å². The predicted octanol–water partition coefficient (Wildman–Crippen LogP) is 3.69. The molecule has 2 amide bonds. The normalized spacial score (nSPS) is 12.6. The lowest BCUT2D eigenvalue weighted by molar-refractivity contribution is -0.150. The van der Waals surface area contributed by atoms with Crippen molar-refractivity contribution in [3.8, 4) is 0 Å². The molecular weight excluding hydrogens is 392 g/mol. The maximum atomic E-state index is 12.3. The average molecular weight is 418 g/mol. The van der Waals surface area contributed by atoms with Gasteiger partial charge in [0, 0.05) is 5.56 Å². The van der Waals surface area contributed by atoms with Crippen molar-refractivity contribution in [3.05, 3.63) is 83.4 Å². The molecule has 6 nitrogen and oxygen atoms in total. The van der Waals surface area contributed by atoms with E-state index < -0.39 is 24.5 Å². The second-order valence-corrected chi connectivity index (χ2v) is 7.53. The Hall–Kier alpha value is -3.67. The Kier molecular flexibility index (Phi) is 7.03. The highest BCUT2D eigenvalue weighted by atomic mass is 16.5. The van der Waals surface area contributed by atoms with E-state index >= 15 is 0 Å². The lowest BCUT2D eigenvalue weighted by Crippen LogP contribution is -2.41. The molecule has 3 aromatic rings. The average Bonchev–Trinajstić information content (AvgIpc) is 2.76. The molecule has 3 aromatic carbocycles. The molecule has 0 fully saturated rings. The molecule has 0 unspecified atom stereocenters. The summed E-state index contributed by atoms with van der Waals surface area (Å²) in [7, 11) is 0. The number of amides is 2. The first-order valence-electron chi connectivity index (χ1n) is 10.2. The highest BCUT2D eigenvalue weighted by Gasteiger charge is 2.20. The van der Waals surface area contributed by atoms with E-state index in [1.807, 2.05) is 62.4 Å². The molecule has 31 heavy (non-hydrogen) atoms. The molecule has 0 aliphatic heterocycles. The third-order valence-electron chi connectivity index (χ3n) is 4.99. The summed E-state index contributed by atoms with van der Waals surface area (Å²) in [5.74, 6) is -1.46. The molecule has 0 aromatic heterocycles. The van der Waals surface area contributed by atoms with Crippen molar-refractivity contribution in [2.75, 3.05) is 6.61 Å². The zero-order valence-electron chi connectivity index (χ0n) is 17.8. The quantitative estimate of drug-likeness (QED) is 0.573. The molecular formula is C25H26N2O4. The number of carbonyl (C=O) groups is 3. The molecule has 2 atom stereocenters. The van der Waals surface area contributed by atoms with E-state index in [0.29, 0.717) is 5.56 Å². The van der Waals surface area contributed by atoms with Crippen molar-refractivity contribution in [3.63, 3.8) is 0 Å². The summed E-state index contributed by atoms with van der Waals surface area (Å²) >= 11 is 0. The number of esters is 1. The summed E-state index contributed by atoms with van der Waals surface area (Å²) in [6.45, 7) is 4.86. The summed E-state index contributed by atoms with van der Waals surface area (Å²) in [6.07, 6.45) is 0. The van der Waals surface area contributed by atoms with Gasteiger partial charge < -0.3 is 15.4 Å². The van der Waals surface area contributed by atoms with Crippen LogP contribution in [-0.4, -0.2) is 30.4 Å². The summed E-state index contributed by atoms with van der Waals surface area (Å²) in [5, 5.41) is 7.59. The number of hydrogen-bond acceptors (Lipinski definition) is 4. The molecule has 0 saturated heterocycles. The van der Waals surface area contributed by atoms with Crippen molar-refractivity contribution < 1.29 is 19.1 Å². The van der Waals surface area contributed by atoms with Crippen LogP contribution in [-0.2, 0) is 14.3 Å². The summed E-state index contributed by atoms with van der Waals surface area (Å²) in [4.78, 5) is 36.8. The van der Waals surface area contributed by atoms with Crippen LogP contribution < -0.4 is 10.6 Å². The van der Waals surface area contributed by atoms with Crippen LogP contribution in [0.2, 0.25) is 0 Å². The first kappa shape index (κ1) is 22.0. The summed E-state index contributed by atoms with van der Waals surface area (Å²) in [6, 6.07) is 19.8. The standard InChI is InChI=1S/C25H26N2O4/c1-16-8-6-11-20(14-16)24(29)27-18(3)25(30)31-15-23(28)26-17(2)21-13-7-10-19-9-4-5-12-22(19)21/h4-14,17-18H,15H2,1-3H3,(H,26,28)(H,27,29)/t17-,18-/m0/s1. The number of hydrogen-bond donors (Lipinski definition) is 2. The molecule has 0 radical (unpaired) electrons. The number of aryl methyl sites for hydroxylation is 1. The zero-order chi connectivity index (χ0) is 22.4. The Morgan fingerprint density at radius 3 is 2.39 bits per heavy atom. The highest BCUT2D eigenvalue weighted by molar-refractivity contribution is 5.97. The zero-order valence-corrected chi connectivity index (χ0v) is 17.8. The van der Waals surface area contributed by atoms with Gasteiger partial charge in [-0.3, -0.25) is 9.59 Å². The molecule has 0 bridgehead atoms. The smallest absolute Gasteiger partial charge is 0.328 e. The molecule has 0 saturated carbocycles. The van der Waals surface area contributed by atoms with Crippen molar-refractivity contribution in [2.24, 2.45) is 0 Å². The van der Waals surface area contributed by atoms with Crippen molar-refractivity contribution in [1.29, 1.82) is 0 Å². The van der Waals surface area contributed by atoms with Crippen LogP contribution in [0.1, 0.15) is 41.4 Å². The Morgan fingerprint density at radius 1 is 0.903 bits per heavy atom. The molecule has 6 heteroatoms.